The fourth-order valence-electron chi connectivity index (χ4n) is 1.79. The maximum Gasteiger partial charge on any atom is 0.0720 e. The van der Waals surface area contributed by atoms with Crippen molar-refractivity contribution in [1.29, 1.82) is 5.26 Å². The van der Waals surface area contributed by atoms with Crippen LogP contribution in [0.1, 0.15) is 45.4 Å². The molecular formula is C11H19N3. The van der Waals surface area contributed by atoms with Crippen molar-refractivity contribution in [2.24, 2.45) is 16.1 Å². The molecule has 0 heterocycles. The van der Waals surface area contributed by atoms with E-state index in [0.717, 1.165) is 38.6 Å². The molecule has 0 bridgehead atoms. The van der Waals surface area contributed by atoms with E-state index >= 15 is 0 Å². The summed E-state index contributed by atoms with van der Waals surface area (Å²) in [5, 5.41) is 17.3. The van der Waals surface area contributed by atoms with Gasteiger partial charge in [-0.15, -0.1) is 0 Å². The SMILES string of the molecule is CCCCN=NC1CCCC(C#N)C1. The molecule has 1 fully saturated rings. The molecule has 0 radical (unpaired) electrons. The van der Waals surface area contributed by atoms with Gasteiger partial charge in [-0.3, -0.25) is 0 Å². The molecule has 0 aromatic rings. The van der Waals surface area contributed by atoms with Gasteiger partial charge in [0.05, 0.1) is 18.7 Å². The molecule has 0 aromatic carbocycles. The molecule has 0 saturated heterocycles. The second-order valence-electron chi connectivity index (χ2n) is 3.98. The van der Waals surface area contributed by atoms with E-state index in [1.807, 2.05) is 0 Å². The Morgan fingerprint density at radius 3 is 3.00 bits per heavy atom. The van der Waals surface area contributed by atoms with Gasteiger partial charge in [-0.1, -0.05) is 13.3 Å². The molecule has 1 aliphatic carbocycles. The molecule has 14 heavy (non-hydrogen) atoms. The number of rotatable bonds is 4. The minimum Gasteiger partial charge on any atom is -0.198 e. The highest BCUT2D eigenvalue weighted by Gasteiger charge is 2.20. The number of hydrogen-bond acceptors (Lipinski definition) is 3. The molecule has 3 heteroatoms. The predicted octanol–water partition coefficient (Wildman–Crippen LogP) is 3.32. The van der Waals surface area contributed by atoms with Crippen LogP contribution in [0, 0.1) is 17.2 Å². The summed E-state index contributed by atoms with van der Waals surface area (Å²) in [6.07, 6.45) is 6.52. The third-order valence-electron chi connectivity index (χ3n) is 2.69. The zero-order chi connectivity index (χ0) is 10.2. The summed E-state index contributed by atoms with van der Waals surface area (Å²) < 4.78 is 0. The van der Waals surface area contributed by atoms with E-state index in [1.54, 1.807) is 0 Å². The Morgan fingerprint density at radius 2 is 2.29 bits per heavy atom. The van der Waals surface area contributed by atoms with Crippen LogP contribution in [0.2, 0.25) is 0 Å². The molecule has 0 spiro atoms. The van der Waals surface area contributed by atoms with Gasteiger partial charge in [0.15, 0.2) is 0 Å². The third kappa shape index (κ3) is 3.87. The lowest BCUT2D eigenvalue weighted by Crippen LogP contribution is -2.16. The van der Waals surface area contributed by atoms with Gasteiger partial charge in [-0.25, -0.2) is 0 Å². The highest BCUT2D eigenvalue weighted by molar-refractivity contribution is 4.89. The minimum absolute atomic E-state index is 0.221. The number of unbranched alkanes of at least 4 members (excludes halogenated alkanes) is 1. The van der Waals surface area contributed by atoms with Gasteiger partial charge in [-0.2, -0.15) is 15.5 Å². The second-order valence-corrected chi connectivity index (χ2v) is 3.98. The maximum absolute atomic E-state index is 8.80. The van der Waals surface area contributed by atoms with Crippen LogP contribution >= 0.6 is 0 Å². The molecule has 0 N–H and O–H groups in total. The van der Waals surface area contributed by atoms with Crippen LogP contribution in [0.25, 0.3) is 0 Å². The first-order valence-corrected chi connectivity index (χ1v) is 5.63. The number of azo groups is 1. The Kier molecular flexibility index (Phi) is 5.21. The topological polar surface area (TPSA) is 48.5 Å². The Labute approximate surface area is 86.2 Å². The van der Waals surface area contributed by atoms with Crippen molar-refractivity contribution in [3.8, 4) is 6.07 Å². The van der Waals surface area contributed by atoms with Gasteiger partial charge in [0.2, 0.25) is 0 Å². The molecule has 0 aromatic heterocycles. The molecule has 1 rings (SSSR count). The second kappa shape index (κ2) is 6.53. The van der Waals surface area contributed by atoms with E-state index in [4.69, 9.17) is 5.26 Å². The fraction of sp³-hybridized carbons (Fsp3) is 0.909. The summed E-state index contributed by atoms with van der Waals surface area (Å²) in [4.78, 5) is 0. The molecule has 1 aliphatic rings. The first-order chi connectivity index (χ1) is 6.86. The molecule has 1 saturated carbocycles. The standard InChI is InChI=1S/C11H19N3/c1-2-3-7-13-14-11-6-4-5-10(8-11)9-12/h10-11H,2-8H2,1H3. The van der Waals surface area contributed by atoms with E-state index in [1.165, 1.54) is 6.42 Å². The fourth-order valence-corrected chi connectivity index (χ4v) is 1.79. The van der Waals surface area contributed by atoms with Crippen LogP contribution in [-0.4, -0.2) is 12.6 Å². The molecule has 2 unspecified atom stereocenters. The lowest BCUT2D eigenvalue weighted by molar-refractivity contribution is 0.369. The summed E-state index contributed by atoms with van der Waals surface area (Å²) in [5.74, 6) is 0.221. The first kappa shape index (κ1) is 11.2. The van der Waals surface area contributed by atoms with Gasteiger partial charge in [0, 0.05) is 5.92 Å². The Balaban J connectivity index is 2.23. The highest BCUT2D eigenvalue weighted by atomic mass is 15.1. The zero-order valence-electron chi connectivity index (χ0n) is 8.95. The van der Waals surface area contributed by atoms with E-state index in [0.29, 0.717) is 6.04 Å². The molecule has 78 valence electrons. The van der Waals surface area contributed by atoms with Crippen LogP contribution in [0.4, 0.5) is 0 Å². The van der Waals surface area contributed by atoms with E-state index < -0.39 is 0 Å². The van der Waals surface area contributed by atoms with Crippen LogP contribution in [0.3, 0.4) is 0 Å². The summed E-state index contributed by atoms with van der Waals surface area (Å²) in [7, 11) is 0. The summed E-state index contributed by atoms with van der Waals surface area (Å²) >= 11 is 0. The van der Waals surface area contributed by atoms with Crippen molar-refractivity contribution in [3.05, 3.63) is 0 Å². The molecule has 2 atom stereocenters. The number of hydrogen-bond donors (Lipinski definition) is 0. The van der Waals surface area contributed by atoms with Gasteiger partial charge >= 0.3 is 0 Å². The minimum atomic E-state index is 0.221. The van der Waals surface area contributed by atoms with Gasteiger partial charge < -0.3 is 0 Å². The quantitative estimate of drug-likeness (QED) is 0.499. The number of nitrogens with zero attached hydrogens (tertiary/aromatic N) is 3. The van der Waals surface area contributed by atoms with E-state index in [2.05, 4.69) is 23.2 Å². The van der Waals surface area contributed by atoms with Crippen LogP contribution < -0.4 is 0 Å². The monoisotopic (exact) mass is 193 g/mol. The van der Waals surface area contributed by atoms with Crippen molar-refractivity contribution < 1.29 is 0 Å². The third-order valence-corrected chi connectivity index (χ3v) is 2.69. The average molecular weight is 193 g/mol. The zero-order valence-corrected chi connectivity index (χ0v) is 8.95. The molecule has 0 amide bonds. The highest BCUT2D eigenvalue weighted by Crippen LogP contribution is 2.25. The Morgan fingerprint density at radius 1 is 1.43 bits per heavy atom. The summed E-state index contributed by atoms with van der Waals surface area (Å²) in [5.41, 5.74) is 0. The van der Waals surface area contributed by atoms with Crippen molar-refractivity contribution in [2.75, 3.05) is 6.54 Å². The Hall–Kier alpha value is -0.910. The lowest BCUT2D eigenvalue weighted by atomic mass is 9.87. The molecule has 0 aliphatic heterocycles. The first-order valence-electron chi connectivity index (χ1n) is 5.63. The largest absolute Gasteiger partial charge is 0.198 e. The Bertz CT molecular complexity index is 217. The van der Waals surface area contributed by atoms with Crippen LogP contribution in [-0.2, 0) is 0 Å². The molecular weight excluding hydrogens is 174 g/mol. The van der Waals surface area contributed by atoms with Crippen molar-refractivity contribution >= 4 is 0 Å². The van der Waals surface area contributed by atoms with Crippen LogP contribution in [0.15, 0.2) is 10.2 Å². The summed E-state index contributed by atoms with van der Waals surface area (Å²) in [6.45, 7) is 3.01. The van der Waals surface area contributed by atoms with Gasteiger partial charge in [0.25, 0.3) is 0 Å². The van der Waals surface area contributed by atoms with Gasteiger partial charge in [-0.05, 0) is 32.1 Å². The maximum atomic E-state index is 8.80. The summed E-state index contributed by atoms with van der Waals surface area (Å²) in [6, 6.07) is 2.66. The van der Waals surface area contributed by atoms with E-state index in [9.17, 15) is 0 Å². The van der Waals surface area contributed by atoms with Crippen LogP contribution in [0.5, 0.6) is 0 Å². The smallest absolute Gasteiger partial charge is 0.0720 e. The lowest BCUT2D eigenvalue weighted by Gasteiger charge is -2.20. The van der Waals surface area contributed by atoms with Gasteiger partial charge in [0.1, 0.15) is 0 Å². The average Bonchev–Trinajstić information content (AvgIpc) is 2.25. The van der Waals surface area contributed by atoms with Crippen molar-refractivity contribution in [2.45, 2.75) is 51.5 Å². The predicted molar refractivity (Wildman–Crippen MR) is 56.0 cm³/mol. The van der Waals surface area contributed by atoms with Crippen molar-refractivity contribution in [3.63, 3.8) is 0 Å². The molecule has 3 nitrogen and oxygen atoms in total. The van der Waals surface area contributed by atoms with E-state index in [-0.39, 0.29) is 5.92 Å². The van der Waals surface area contributed by atoms with Crippen molar-refractivity contribution in [1.82, 2.24) is 0 Å². The normalized spacial score (nSPS) is 27.7. The number of nitriles is 1.